The molecule has 2 aromatic rings. The number of benzene rings is 1. The number of nitriles is 1. The lowest BCUT2D eigenvalue weighted by Crippen LogP contribution is -3.15. The number of piperazine rings is 1. The Hall–Kier alpha value is -2.56. The second-order valence-electron chi connectivity index (χ2n) is 6.26. The number of hydrogen-bond acceptors (Lipinski definition) is 5. The van der Waals surface area contributed by atoms with Gasteiger partial charge in [-0.3, -0.25) is 4.79 Å². The third kappa shape index (κ3) is 4.54. The van der Waals surface area contributed by atoms with Gasteiger partial charge in [0.15, 0.2) is 0 Å². The van der Waals surface area contributed by atoms with E-state index in [1.807, 2.05) is 17.5 Å². The molecular formula is C19H23N4O2S+. The van der Waals surface area contributed by atoms with E-state index in [1.54, 1.807) is 13.2 Å². The average molecular weight is 371 g/mol. The Kier molecular flexibility index (Phi) is 6.10. The van der Waals surface area contributed by atoms with Crippen molar-refractivity contribution in [3.05, 3.63) is 41.3 Å². The van der Waals surface area contributed by atoms with Crippen molar-refractivity contribution < 1.29 is 14.4 Å². The number of nitrogens with one attached hydrogen (secondary N) is 2. The van der Waals surface area contributed by atoms with Gasteiger partial charge in [-0.15, -0.1) is 11.3 Å². The molecule has 0 atom stereocenters. The summed E-state index contributed by atoms with van der Waals surface area (Å²) >= 11 is 1.39. The predicted molar refractivity (Wildman–Crippen MR) is 103 cm³/mol. The summed E-state index contributed by atoms with van der Waals surface area (Å²) in [6, 6.07) is 11.9. The number of methoxy groups -OCH3 is 1. The van der Waals surface area contributed by atoms with E-state index in [-0.39, 0.29) is 5.91 Å². The first-order valence-electron chi connectivity index (χ1n) is 8.69. The van der Waals surface area contributed by atoms with Gasteiger partial charge < -0.3 is 19.9 Å². The smallest absolute Gasteiger partial charge is 0.230 e. The monoisotopic (exact) mass is 371 g/mol. The maximum atomic E-state index is 12.1. The zero-order chi connectivity index (χ0) is 18.4. The van der Waals surface area contributed by atoms with Crippen molar-refractivity contribution >= 4 is 27.9 Å². The van der Waals surface area contributed by atoms with Gasteiger partial charge in [0.05, 0.1) is 51.8 Å². The van der Waals surface area contributed by atoms with Crippen molar-refractivity contribution in [1.29, 1.82) is 5.26 Å². The van der Waals surface area contributed by atoms with E-state index in [4.69, 9.17) is 10.00 Å². The van der Waals surface area contributed by atoms with E-state index >= 15 is 0 Å². The molecule has 26 heavy (non-hydrogen) atoms. The Morgan fingerprint density at radius 1 is 1.38 bits per heavy atom. The van der Waals surface area contributed by atoms with Gasteiger partial charge in [0.2, 0.25) is 5.91 Å². The number of rotatable bonds is 6. The molecule has 7 heteroatoms. The van der Waals surface area contributed by atoms with Crippen molar-refractivity contribution in [1.82, 2.24) is 0 Å². The first-order chi connectivity index (χ1) is 12.7. The van der Waals surface area contributed by atoms with Crippen LogP contribution in [0.4, 0.5) is 10.7 Å². The Balaban J connectivity index is 1.44. The van der Waals surface area contributed by atoms with Gasteiger partial charge in [-0.1, -0.05) is 6.07 Å². The third-order valence-corrected chi connectivity index (χ3v) is 5.46. The van der Waals surface area contributed by atoms with Gasteiger partial charge in [-0.05, 0) is 23.6 Å². The van der Waals surface area contributed by atoms with Crippen molar-refractivity contribution in [2.45, 2.75) is 6.42 Å². The molecule has 1 aromatic carbocycles. The fourth-order valence-electron chi connectivity index (χ4n) is 3.11. The number of amides is 1. The molecule has 1 aliphatic heterocycles. The number of hydrogen-bond donors (Lipinski definition) is 2. The van der Waals surface area contributed by atoms with E-state index in [2.05, 4.69) is 28.4 Å². The van der Waals surface area contributed by atoms with E-state index in [9.17, 15) is 4.79 Å². The highest BCUT2D eigenvalue weighted by atomic mass is 32.1. The quantitative estimate of drug-likeness (QED) is 0.805. The summed E-state index contributed by atoms with van der Waals surface area (Å²) in [6.07, 6.45) is 0.470. The second-order valence-corrected chi connectivity index (χ2v) is 7.18. The number of anilines is 2. The van der Waals surface area contributed by atoms with Crippen molar-refractivity contribution in [2.75, 3.05) is 50.1 Å². The SMILES string of the molecule is COc1cccc(N2CC[NH+](CCC(=O)Nc3sccc3C#N)CC2)c1. The van der Waals surface area contributed by atoms with Crippen LogP contribution in [0.5, 0.6) is 5.75 Å². The maximum Gasteiger partial charge on any atom is 0.230 e. The van der Waals surface area contributed by atoms with Crippen LogP contribution < -0.4 is 19.9 Å². The molecule has 2 N–H and O–H groups in total. The highest BCUT2D eigenvalue weighted by Gasteiger charge is 2.21. The largest absolute Gasteiger partial charge is 0.497 e. The fourth-order valence-corrected chi connectivity index (χ4v) is 3.87. The standard InChI is InChI=1S/C19H22N4O2S/c1-25-17-4-2-3-16(13-17)23-10-8-22(9-11-23)7-5-18(24)21-19-15(14-20)6-12-26-19/h2-4,6,12-13H,5,7-11H2,1H3,(H,21,24)/p+1. The molecule has 2 heterocycles. The van der Waals surface area contributed by atoms with Crippen LogP contribution in [0.1, 0.15) is 12.0 Å². The molecule has 1 aliphatic rings. The minimum atomic E-state index is -0.0216. The van der Waals surface area contributed by atoms with E-state index in [1.165, 1.54) is 21.9 Å². The maximum absolute atomic E-state index is 12.1. The molecule has 1 aromatic heterocycles. The van der Waals surface area contributed by atoms with E-state index in [0.29, 0.717) is 17.0 Å². The number of nitrogens with zero attached hydrogens (tertiary/aromatic N) is 2. The third-order valence-electron chi connectivity index (χ3n) is 4.63. The normalized spacial score (nSPS) is 14.7. The van der Waals surface area contributed by atoms with Crippen molar-refractivity contribution in [3.63, 3.8) is 0 Å². The lowest BCUT2D eigenvalue weighted by atomic mass is 10.2. The molecule has 1 amide bonds. The molecule has 3 rings (SSSR count). The summed E-state index contributed by atoms with van der Waals surface area (Å²) in [7, 11) is 1.68. The lowest BCUT2D eigenvalue weighted by molar-refractivity contribution is -0.900. The molecule has 0 unspecified atom stereocenters. The first-order valence-corrected chi connectivity index (χ1v) is 9.57. The van der Waals surface area contributed by atoms with Gasteiger partial charge in [0, 0.05) is 11.8 Å². The van der Waals surface area contributed by atoms with Crippen LogP contribution in [-0.2, 0) is 4.79 Å². The zero-order valence-corrected chi connectivity index (χ0v) is 15.6. The molecule has 1 saturated heterocycles. The summed E-state index contributed by atoms with van der Waals surface area (Å²) in [5.41, 5.74) is 1.71. The number of ether oxygens (including phenoxy) is 1. The van der Waals surface area contributed by atoms with E-state index in [0.717, 1.165) is 38.5 Å². The summed E-state index contributed by atoms with van der Waals surface area (Å²) in [5.74, 6) is 0.853. The van der Waals surface area contributed by atoms with Gasteiger partial charge in [-0.25, -0.2) is 0 Å². The number of carbonyl (C=O) groups is 1. The van der Waals surface area contributed by atoms with Crippen molar-refractivity contribution in [2.24, 2.45) is 0 Å². The molecule has 0 radical (unpaired) electrons. The highest BCUT2D eigenvalue weighted by Crippen LogP contribution is 2.22. The summed E-state index contributed by atoms with van der Waals surface area (Å²) in [5, 5.41) is 14.3. The molecule has 1 fully saturated rings. The molecule has 136 valence electrons. The predicted octanol–water partition coefficient (Wildman–Crippen LogP) is 1.36. The first kappa shape index (κ1) is 18.2. The number of carbonyl (C=O) groups excluding carboxylic acids is 1. The van der Waals surface area contributed by atoms with Gasteiger partial charge in [0.25, 0.3) is 0 Å². The van der Waals surface area contributed by atoms with Gasteiger partial charge in [0.1, 0.15) is 16.8 Å². The van der Waals surface area contributed by atoms with Crippen LogP contribution in [0, 0.1) is 11.3 Å². The van der Waals surface area contributed by atoms with Crippen molar-refractivity contribution in [3.8, 4) is 11.8 Å². The Morgan fingerprint density at radius 3 is 2.92 bits per heavy atom. The number of quaternary nitrogens is 1. The van der Waals surface area contributed by atoms with Crippen LogP contribution in [0.25, 0.3) is 0 Å². The molecule has 0 saturated carbocycles. The highest BCUT2D eigenvalue weighted by molar-refractivity contribution is 7.14. The molecule has 0 aliphatic carbocycles. The average Bonchev–Trinajstić information content (AvgIpc) is 3.14. The van der Waals surface area contributed by atoms with E-state index < -0.39 is 0 Å². The molecule has 6 nitrogen and oxygen atoms in total. The Labute approximate surface area is 157 Å². The topological polar surface area (TPSA) is 69.8 Å². The zero-order valence-electron chi connectivity index (χ0n) is 14.8. The summed E-state index contributed by atoms with van der Waals surface area (Å²) < 4.78 is 5.30. The molecular weight excluding hydrogens is 348 g/mol. The molecule has 0 bridgehead atoms. The molecule has 0 spiro atoms. The Bertz CT molecular complexity index is 791. The summed E-state index contributed by atoms with van der Waals surface area (Å²) in [4.78, 5) is 15.9. The van der Waals surface area contributed by atoms with Crippen LogP contribution in [0.15, 0.2) is 35.7 Å². The summed E-state index contributed by atoms with van der Waals surface area (Å²) in [6.45, 7) is 4.76. The second kappa shape index (κ2) is 8.70. The van der Waals surface area contributed by atoms with Crippen LogP contribution in [-0.4, -0.2) is 45.7 Å². The minimum absolute atomic E-state index is 0.0216. The Morgan fingerprint density at radius 2 is 2.19 bits per heavy atom. The van der Waals surface area contributed by atoms with Crippen LogP contribution >= 0.6 is 11.3 Å². The van der Waals surface area contributed by atoms with Gasteiger partial charge >= 0.3 is 0 Å². The number of thiophene rings is 1. The van der Waals surface area contributed by atoms with Gasteiger partial charge in [-0.2, -0.15) is 5.26 Å². The van der Waals surface area contributed by atoms with Crippen LogP contribution in [0.3, 0.4) is 0 Å². The fraction of sp³-hybridized carbons (Fsp3) is 0.368. The van der Waals surface area contributed by atoms with Crippen LogP contribution in [0.2, 0.25) is 0 Å². The minimum Gasteiger partial charge on any atom is -0.497 e. The lowest BCUT2D eigenvalue weighted by Gasteiger charge is -2.33.